The third-order valence-electron chi connectivity index (χ3n) is 3.20. The number of piperidine rings is 1. The number of likely N-dealkylation sites (tertiary alicyclic amines) is 1. The van der Waals surface area contributed by atoms with Crippen LogP contribution in [0.1, 0.15) is 34.8 Å². The lowest BCUT2D eigenvalue weighted by molar-refractivity contribution is 0.0830. The van der Waals surface area contributed by atoms with Crippen molar-refractivity contribution in [2.24, 2.45) is 5.84 Å². The summed E-state index contributed by atoms with van der Waals surface area (Å²) < 4.78 is 0. The van der Waals surface area contributed by atoms with Crippen LogP contribution in [0.25, 0.3) is 0 Å². The molecule has 100 valence electrons. The van der Waals surface area contributed by atoms with Crippen molar-refractivity contribution in [2.75, 3.05) is 13.2 Å². The van der Waals surface area contributed by atoms with E-state index < -0.39 is 0 Å². The summed E-state index contributed by atoms with van der Waals surface area (Å²) >= 11 is 1.29. The predicted octanol–water partition coefficient (Wildman–Crippen LogP) is 0.0934. The van der Waals surface area contributed by atoms with Crippen LogP contribution in [0.3, 0.4) is 0 Å². The Labute approximate surface area is 110 Å². The molecule has 1 saturated heterocycles. The number of aliphatic hydroxyl groups is 1. The molecule has 2 heterocycles. The molecule has 1 fully saturated rings. The lowest BCUT2D eigenvalue weighted by Gasteiger charge is -2.33. The summed E-state index contributed by atoms with van der Waals surface area (Å²) in [6.07, 6.45) is 3.34. The van der Waals surface area contributed by atoms with Crippen LogP contribution >= 0.6 is 11.3 Å². The highest BCUT2D eigenvalue weighted by Gasteiger charge is 2.22. The molecule has 1 aromatic rings. The second-order valence-electron chi connectivity index (χ2n) is 4.42. The molecular weight excluding hydrogens is 252 g/mol. The van der Waals surface area contributed by atoms with Crippen LogP contribution in [0, 0.1) is 0 Å². The smallest absolute Gasteiger partial charge is 0.294 e. The van der Waals surface area contributed by atoms with E-state index in [0.717, 1.165) is 25.1 Å². The normalized spacial score (nSPS) is 20.9. The zero-order chi connectivity index (χ0) is 13.0. The SMILES string of the molecule is NNC(=O)c1nc(CN2CCCCC2CO)cs1. The van der Waals surface area contributed by atoms with Gasteiger partial charge in [0.15, 0.2) is 5.01 Å². The first-order valence-corrected chi connectivity index (χ1v) is 6.93. The molecule has 0 aliphatic carbocycles. The van der Waals surface area contributed by atoms with E-state index in [2.05, 4.69) is 15.3 Å². The van der Waals surface area contributed by atoms with Gasteiger partial charge in [0.25, 0.3) is 5.91 Å². The average Bonchev–Trinajstić information content (AvgIpc) is 2.87. The Morgan fingerprint density at radius 1 is 1.67 bits per heavy atom. The Kier molecular flexibility index (Phi) is 4.65. The first-order chi connectivity index (χ1) is 8.74. The third kappa shape index (κ3) is 3.05. The summed E-state index contributed by atoms with van der Waals surface area (Å²) in [5, 5.41) is 11.6. The number of carbonyl (C=O) groups is 1. The van der Waals surface area contributed by atoms with Crippen molar-refractivity contribution >= 4 is 17.2 Å². The maximum Gasteiger partial charge on any atom is 0.294 e. The zero-order valence-corrected chi connectivity index (χ0v) is 10.9. The van der Waals surface area contributed by atoms with Crippen LogP contribution in [-0.4, -0.2) is 40.1 Å². The minimum atomic E-state index is -0.358. The van der Waals surface area contributed by atoms with E-state index in [-0.39, 0.29) is 18.6 Å². The molecule has 1 unspecified atom stereocenters. The van der Waals surface area contributed by atoms with E-state index in [4.69, 9.17) is 5.84 Å². The summed E-state index contributed by atoms with van der Waals surface area (Å²) in [7, 11) is 0. The van der Waals surface area contributed by atoms with Crippen molar-refractivity contribution in [2.45, 2.75) is 31.8 Å². The monoisotopic (exact) mass is 270 g/mol. The summed E-state index contributed by atoms with van der Waals surface area (Å²) in [6, 6.07) is 0.215. The minimum Gasteiger partial charge on any atom is -0.395 e. The molecule has 6 nitrogen and oxygen atoms in total. The molecule has 2 rings (SSSR count). The first-order valence-electron chi connectivity index (χ1n) is 6.05. The van der Waals surface area contributed by atoms with Crippen LogP contribution in [0.4, 0.5) is 0 Å². The van der Waals surface area contributed by atoms with Crippen molar-refractivity contribution in [1.29, 1.82) is 0 Å². The summed E-state index contributed by atoms with van der Waals surface area (Å²) in [4.78, 5) is 17.8. The number of nitrogens with two attached hydrogens (primary N) is 1. The Bertz CT molecular complexity index is 410. The number of aromatic nitrogens is 1. The number of thiazole rings is 1. The van der Waals surface area contributed by atoms with Gasteiger partial charge in [-0.05, 0) is 19.4 Å². The van der Waals surface area contributed by atoms with E-state index >= 15 is 0 Å². The van der Waals surface area contributed by atoms with E-state index in [0.29, 0.717) is 11.6 Å². The molecule has 0 saturated carbocycles. The third-order valence-corrected chi connectivity index (χ3v) is 4.09. The van der Waals surface area contributed by atoms with Crippen molar-refractivity contribution in [3.8, 4) is 0 Å². The van der Waals surface area contributed by atoms with Gasteiger partial charge in [-0.3, -0.25) is 15.1 Å². The van der Waals surface area contributed by atoms with Gasteiger partial charge in [-0.25, -0.2) is 10.8 Å². The van der Waals surface area contributed by atoms with Gasteiger partial charge in [0.2, 0.25) is 0 Å². The maximum absolute atomic E-state index is 11.3. The highest BCUT2D eigenvalue weighted by atomic mass is 32.1. The topological polar surface area (TPSA) is 91.5 Å². The van der Waals surface area contributed by atoms with Gasteiger partial charge in [-0.2, -0.15) is 0 Å². The molecule has 4 N–H and O–H groups in total. The van der Waals surface area contributed by atoms with E-state index in [1.807, 2.05) is 5.38 Å². The van der Waals surface area contributed by atoms with Crippen LogP contribution in [0.2, 0.25) is 0 Å². The Hall–Kier alpha value is -1.02. The standard InChI is InChI=1S/C11H18N4O2S/c12-14-10(17)11-13-8(7-18-11)5-15-4-2-1-3-9(15)6-16/h7,9,16H,1-6,12H2,(H,14,17). The van der Waals surface area contributed by atoms with E-state index in [9.17, 15) is 9.90 Å². The summed E-state index contributed by atoms with van der Waals surface area (Å²) in [5.74, 6) is 4.71. The van der Waals surface area contributed by atoms with Gasteiger partial charge in [-0.1, -0.05) is 6.42 Å². The second-order valence-corrected chi connectivity index (χ2v) is 5.28. The molecule has 1 amide bonds. The average molecular weight is 270 g/mol. The number of nitrogens with zero attached hydrogens (tertiary/aromatic N) is 2. The highest BCUT2D eigenvalue weighted by Crippen LogP contribution is 2.20. The molecule has 18 heavy (non-hydrogen) atoms. The van der Waals surface area contributed by atoms with Gasteiger partial charge < -0.3 is 5.11 Å². The number of aliphatic hydroxyl groups excluding tert-OH is 1. The number of nitrogen functional groups attached to an aromatic ring is 1. The number of hydrogen-bond donors (Lipinski definition) is 3. The molecule has 7 heteroatoms. The van der Waals surface area contributed by atoms with Crippen LogP contribution < -0.4 is 11.3 Å². The number of hydrazine groups is 1. The van der Waals surface area contributed by atoms with E-state index in [1.165, 1.54) is 17.8 Å². The molecule has 1 aromatic heterocycles. The largest absolute Gasteiger partial charge is 0.395 e. The van der Waals surface area contributed by atoms with Crippen molar-refractivity contribution in [3.63, 3.8) is 0 Å². The molecule has 0 bridgehead atoms. The Morgan fingerprint density at radius 3 is 3.22 bits per heavy atom. The number of amides is 1. The maximum atomic E-state index is 11.3. The zero-order valence-electron chi connectivity index (χ0n) is 10.1. The lowest BCUT2D eigenvalue weighted by atomic mass is 10.0. The molecule has 1 aliphatic heterocycles. The van der Waals surface area contributed by atoms with Crippen LogP contribution in [-0.2, 0) is 6.54 Å². The van der Waals surface area contributed by atoms with Crippen LogP contribution in [0.15, 0.2) is 5.38 Å². The summed E-state index contributed by atoms with van der Waals surface area (Å²) in [5.41, 5.74) is 2.93. The number of carbonyl (C=O) groups excluding carboxylic acids is 1. The van der Waals surface area contributed by atoms with Gasteiger partial charge in [0, 0.05) is 18.0 Å². The Morgan fingerprint density at radius 2 is 2.50 bits per heavy atom. The first kappa shape index (κ1) is 13.4. The quantitative estimate of drug-likeness (QED) is 0.410. The van der Waals surface area contributed by atoms with Crippen molar-refractivity contribution < 1.29 is 9.90 Å². The molecule has 0 spiro atoms. The lowest BCUT2D eigenvalue weighted by Crippen LogP contribution is -2.41. The predicted molar refractivity (Wildman–Crippen MR) is 68.9 cm³/mol. The Balaban J connectivity index is 1.99. The van der Waals surface area contributed by atoms with Gasteiger partial charge in [0.1, 0.15) is 0 Å². The number of rotatable bonds is 4. The fourth-order valence-corrected chi connectivity index (χ4v) is 2.94. The number of hydrogen-bond acceptors (Lipinski definition) is 6. The fraction of sp³-hybridized carbons (Fsp3) is 0.636. The molecule has 0 aromatic carbocycles. The fourth-order valence-electron chi connectivity index (χ4n) is 2.23. The van der Waals surface area contributed by atoms with Crippen LogP contribution in [0.5, 0.6) is 0 Å². The molecular formula is C11H18N4O2S. The van der Waals surface area contributed by atoms with Crippen molar-refractivity contribution in [3.05, 3.63) is 16.1 Å². The van der Waals surface area contributed by atoms with E-state index in [1.54, 1.807) is 0 Å². The minimum absolute atomic E-state index is 0.181. The molecule has 1 atom stereocenters. The van der Waals surface area contributed by atoms with Gasteiger partial charge in [-0.15, -0.1) is 11.3 Å². The highest BCUT2D eigenvalue weighted by molar-refractivity contribution is 7.11. The number of nitrogens with one attached hydrogen (secondary N) is 1. The molecule has 0 radical (unpaired) electrons. The summed E-state index contributed by atoms with van der Waals surface area (Å²) in [6.45, 7) is 1.83. The van der Waals surface area contributed by atoms with Gasteiger partial charge >= 0.3 is 0 Å². The second kappa shape index (κ2) is 6.24. The van der Waals surface area contributed by atoms with Crippen molar-refractivity contribution in [1.82, 2.24) is 15.3 Å². The van der Waals surface area contributed by atoms with Gasteiger partial charge in [0.05, 0.1) is 12.3 Å². The molecule has 1 aliphatic rings.